The van der Waals surface area contributed by atoms with Crippen molar-refractivity contribution in [3.63, 3.8) is 0 Å². The number of hydrogen-bond donors (Lipinski definition) is 2. The lowest BCUT2D eigenvalue weighted by molar-refractivity contribution is -0.144. The number of amides is 1. The molecule has 0 saturated carbocycles. The van der Waals surface area contributed by atoms with Crippen molar-refractivity contribution in [3.8, 4) is 0 Å². The summed E-state index contributed by atoms with van der Waals surface area (Å²) < 4.78 is 9.66. The van der Waals surface area contributed by atoms with Gasteiger partial charge in [-0.15, -0.1) is 0 Å². The molecule has 0 radical (unpaired) electrons. The van der Waals surface area contributed by atoms with E-state index in [1.54, 1.807) is 12.1 Å². The number of carboxylic acids is 1. The van der Waals surface area contributed by atoms with E-state index in [0.29, 0.717) is 0 Å². The Morgan fingerprint density at radius 3 is 2.43 bits per heavy atom. The molecule has 1 atom stereocenters. The van der Waals surface area contributed by atoms with Gasteiger partial charge in [0.25, 0.3) is 0 Å². The average molecular weight is 295 g/mol. The summed E-state index contributed by atoms with van der Waals surface area (Å²) in [7, 11) is 0. The molecule has 0 spiro atoms. The lowest BCUT2D eigenvalue weighted by atomic mass is 10.2. The normalized spacial score (nSPS) is 11.3. The minimum atomic E-state index is -1.12. The second kappa shape index (κ2) is 8.57. The topological polar surface area (TPSA) is 102 Å². The van der Waals surface area contributed by atoms with E-state index < -0.39 is 24.1 Å². The fraction of sp³-hybridized carbons (Fsp3) is 0.357. The van der Waals surface area contributed by atoms with Crippen LogP contribution in [-0.4, -0.2) is 35.8 Å². The second-order valence-corrected chi connectivity index (χ2v) is 4.30. The first kappa shape index (κ1) is 16.5. The molecule has 1 rings (SSSR count). The Morgan fingerprint density at radius 1 is 1.19 bits per heavy atom. The molecule has 0 aliphatic carbocycles. The average Bonchev–Trinajstić information content (AvgIpc) is 2.43. The fourth-order valence-electron chi connectivity index (χ4n) is 1.51. The van der Waals surface area contributed by atoms with Gasteiger partial charge in [0.2, 0.25) is 0 Å². The van der Waals surface area contributed by atoms with Crippen molar-refractivity contribution >= 4 is 18.0 Å². The van der Waals surface area contributed by atoms with Crippen molar-refractivity contribution < 1.29 is 29.0 Å². The van der Waals surface area contributed by atoms with Gasteiger partial charge in [-0.25, -0.2) is 4.79 Å². The van der Waals surface area contributed by atoms with E-state index in [1.807, 2.05) is 18.2 Å². The van der Waals surface area contributed by atoms with Crippen LogP contribution in [0.5, 0.6) is 0 Å². The van der Waals surface area contributed by atoms with E-state index >= 15 is 0 Å². The molecule has 0 fully saturated rings. The summed E-state index contributed by atoms with van der Waals surface area (Å²) in [6.07, 6.45) is -1.13. The summed E-state index contributed by atoms with van der Waals surface area (Å²) in [5.74, 6) is -1.67. The minimum Gasteiger partial charge on any atom is -0.481 e. The molecule has 0 unspecified atom stereocenters. The first-order valence-corrected chi connectivity index (χ1v) is 6.29. The van der Waals surface area contributed by atoms with E-state index in [-0.39, 0.29) is 19.6 Å². The van der Waals surface area contributed by atoms with Crippen LogP contribution in [0, 0.1) is 0 Å². The van der Waals surface area contributed by atoms with Gasteiger partial charge in [-0.05, 0) is 5.56 Å². The van der Waals surface area contributed by atoms with Gasteiger partial charge in [-0.1, -0.05) is 30.3 Å². The van der Waals surface area contributed by atoms with Crippen LogP contribution >= 0.6 is 0 Å². The number of carbonyl (C=O) groups excluding carboxylic acids is 2. The van der Waals surface area contributed by atoms with Gasteiger partial charge >= 0.3 is 18.0 Å². The number of aliphatic carboxylic acids is 1. The number of hydrogen-bond acceptors (Lipinski definition) is 5. The van der Waals surface area contributed by atoms with Gasteiger partial charge in [0.05, 0.1) is 12.5 Å². The first-order chi connectivity index (χ1) is 9.97. The molecule has 2 N–H and O–H groups in total. The number of alkyl carbamates (subject to hydrolysis) is 1. The molecule has 1 amide bonds. The lowest BCUT2D eigenvalue weighted by Crippen LogP contribution is -2.40. The molecule has 114 valence electrons. The summed E-state index contributed by atoms with van der Waals surface area (Å²) in [6.45, 7) is 1.05. The zero-order valence-corrected chi connectivity index (χ0v) is 11.6. The van der Waals surface area contributed by atoms with Gasteiger partial charge in [0.15, 0.2) is 0 Å². The highest BCUT2D eigenvalue weighted by Crippen LogP contribution is 2.02. The Labute approximate surface area is 121 Å². The summed E-state index contributed by atoms with van der Waals surface area (Å²) >= 11 is 0. The zero-order chi connectivity index (χ0) is 15.7. The molecule has 21 heavy (non-hydrogen) atoms. The van der Waals surface area contributed by atoms with E-state index in [2.05, 4.69) is 5.32 Å². The van der Waals surface area contributed by atoms with E-state index in [9.17, 15) is 14.4 Å². The monoisotopic (exact) mass is 295 g/mol. The van der Waals surface area contributed by atoms with Gasteiger partial charge in [-0.2, -0.15) is 0 Å². The van der Waals surface area contributed by atoms with E-state index in [0.717, 1.165) is 5.56 Å². The van der Waals surface area contributed by atoms with Crippen molar-refractivity contribution in [3.05, 3.63) is 35.9 Å². The molecule has 1 aromatic rings. The number of ether oxygens (including phenoxy) is 2. The molecule has 0 aliphatic heterocycles. The molecule has 0 bridgehead atoms. The molecular formula is C14H17NO6. The highest BCUT2D eigenvalue weighted by molar-refractivity contribution is 5.71. The van der Waals surface area contributed by atoms with Crippen LogP contribution in [0.25, 0.3) is 0 Å². The van der Waals surface area contributed by atoms with Crippen molar-refractivity contribution in [1.82, 2.24) is 5.32 Å². The van der Waals surface area contributed by atoms with Crippen LogP contribution in [0.1, 0.15) is 18.9 Å². The predicted molar refractivity (Wildman–Crippen MR) is 72.4 cm³/mol. The number of benzene rings is 1. The minimum absolute atomic E-state index is 0.0695. The number of carboxylic acid groups (broad SMARTS) is 1. The van der Waals surface area contributed by atoms with Crippen LogP contribution in [-0.2, 0) is 25.7 Å². The summed E-state index contributed by atoms with van der Waals surface area (Å²) in [5.41, 5.74) is 0.808. The summed E-state index contributed by atoms with van der Waals surface area (Å²) in [6, 6.07) is 8.21. The number of esters is 1. The Balaban J connectivity index is 2.43. The van der Waals surface area contributed by atoms with E-state index in [4.69, 9.17) is 14.6 Å². The Bertz CT molecular complexity index is 487. The van der Waals surface area contributed by atoms with E-state index in [1.165, 1.54) is 6.92 Å². The summed E-state index contributed by atoms with van der Waals surface area (Å²) in [5, 5.41) is 11.1. The number of rotatable bonds is 7. The molecule has 7 heteroatoms. The van der Waals surface area contributed by atoms with Crippen LogP contribution < -0.4 is 5.32 Å². The SMILES string of the molecule is CC(=O)OC[C@@H](CC(=O)O)NC(=O)OCc1ccccc1. The summed E-state index contributed by atoms with van der Waals surface area (Å²) in [4.78, 5) is 33.0. The maximum absolute atomic E-state index is 11.6. The maximum atomic E-state index is 11.6. The molecular weight excluding hydrogens is 278 g/mol. The Morgan fingerprint density at radius 2 is 1.86 bits per heavy atom. The predicted octanol–water partition coefficient (Wildman–Crippen LogP) is 1.32. The van der Waals surface area contributed by atoms with Gasteiger partial charge in [0.1, 0.15) is 13.2 Å². The third-order valence-electron chi connectivity index (χ3n) is 2.44. The molecule has 7 nitrogen and oxygen atoms in total. The van der Waals surface area contributed by atoms with Crippen molar-refractivity contribution in [2.24, 2.45) is 0 Å². The fourth-order valence-corrected chi connectivity index (χ4v) is 1.51. The zero-order valence-electron chi connectivity index (χ0n) is 11.6. The molecule has 0 aromatic heterocycles. The van der Waals surface area contributed by atoms with Gasteiger partial charge in [0, 0.05) is 6.92 Å². The first-order valence-electron chi connectivity index (χ1n) is 6.29. The molecule has 0 heterocycles. The third kappa shape index (κ3) is 7.56. The maximum Gasteiger partial charge on any atom is 0.407 e. The molecule has 0 saturated heterocycles. The Kier molecular flexibility index (Phi) is 6.73. The quantitative estimate of drug-likeness (QED) is 0.735. The molecule has 1 aromatic carbocycles. The second-order valence-electron chi connectivity index (χ2n) is 4.30. The highest BCUT2D eigenvalue weighted by Gasteiger charge is 2.18. The van der Waals surface area contributed by atoms with Crippen LogP contribution in [0.4, 0.5) is 4.79 Å². The lowest BCUT2D eigenvalue weighted by Gasteiger charge is -2.16. The largest absolute Gasteiger partial charge is 0.481 e. The van der Waals surface area contributed by atoms with Crippen LogP contribution in [0.15, 0.2) is 30.3 Å². The van der Waals surface area contributed by atoms with Crippen molar-refractivity contribution in [1.29, 1.82) is 0 Å². The van der Waals surface area contributed by atoms with Crippen LogP contribution in [0.2, 0.25) is 0 Å². The van der Waals surface area contributed by atoms with Crippen molar-refractivity contribution in [2.75, 3.05) is 6.61 Å². The molecule has 0 aliphatic rings. The van der Waals surface area contributed by atoms with Gasteiger partial charge < -0.3 is 19.9 Å². The standard InChI is InChI=1S/C14H17NO6/c1-10(16)20-9-12(7-13(17)18)15-14(19)21-8-11-5-3-2-4-6-11/h2-6,12H,7-9H2,1H3,(H,15,19)(H,17,18)/t12-/m1/s1. The smallest absolute Gasteiger partial charge is 0.407 e. The number of carbonyl (C=O) groups is 3. The van der Waals surface area contributed by atoms with Gasteiger partial charge in [-0.3, -0.25) is 9.59 Å². The Hall–Kier alpha value is -2.57. The van der Waals surface area contributed by atoms with Crippen LogP contribution in [0.3, 0.4) is 0 Å². The third-order valence-corrected chi connectivity index (χ3v) is 2.44. The van der Waals surface area contributed by atoms with Crippen molar-refractivity contribution in [2.45, 2.75) is 26.0 Å². The number of nitrogens with one attached hydrogen (secondary N) is 1. The highest BCUT2D eigenvalue weighted by atomic mass is 16.6.